The first-order valence-electron chi connectivity index (χ1n) is 11.7. The summed E-state index contributed by atoms with van der Waals surface area (Å²) < 4.78 is 83.0. The summed E-state index contributed by atoms with van der Waals surface area (Å²) in [5.74, 6) is -7.34. The highest BCUT2D eigenvalue weighted by Gasteiger charge is 2.62. The Morgan fingerprint density at radius 3 is 2.59 bits per heavy atom. The maximum atomic E-state index is 14.0. The molecular weight excluding hydrogens is 555 g/mol. The Morgan fingerprint density at radius 1 is 1.15 bits per heavy atom. The van der Waals surface area contributed by atoms with Crippen LogP contribution >= 0.6 is 11.3 Å². The van der Waals surface area contributed by atoms with Crippen LogP contribution in [0.25, 0.3) is 10.2 Å². The first kappa shape index (κ1) is 28.4. The number of thiophene rings is 1. The lowest BCUT2D eigenvalue weighted by atomic mass is 10.2. The highest BCUT2D eigenvalue weighted by atomic mass is 32.1. The number of carbonyl (C=O) groups is 2. The number of hydrogen-bond acceptors (Lipinski definition) is 11. The summed E-state index contributed by atoms with van der Waals surface area (Å²) >= 11 is 1.39. The van der Waals surface area contributed by atoms with Gasteiger partial charge in [0.1, 0.15) is 30.5 Å². The van der Waals surface area contributed by atoms with Crippen molar-refractivity contribution in [3.63, 3.8) is 0 Å². The molecule has 3 aromatic rings. The SMILES string of the molecule is CCc1cc2c(N3CCn4c(nnc4C(F)(F)C(F)(F)F)C3)nc(OCC(COC=O)COC(C)=O)nc2s1. The van der Waals surface area contributed by atoms with E-state index in [4.69, 9.17) is 14.2 Å². The molecule has 1 unspecified atom stereocenters. The minimum atomic E-state index is -5.81. The van der Waals surface area contributed by atoms with Crippen LogP contribution in [0.4, 0.5) is 27.8 Å². The molecule has 39 heavy (non-hydrogen) atoms. The normalized spacial score (nSPS) is 14.7. The van der Waals surface area contributed by atoms with Crippen LogP contribution in [0.2, 0.25) is 0 Å². The first-order valence-corrected chi connectivity index (χ1v) is 12.5. The van der Waals surface area contributed by atoms with Gasteiger partial charge in [-0.15, -0.1) is 21.5 Å². The fourth-order valence-electron chi connectivity index (χ4n) is 3.86. The molecule has 0 spiro atoms. The summed E-state index contributed by atoms with van der Waals surface area (Å²) in [5, 5.41) is 7.40. The molecule has 0 bridgehead atoms. The maximum absolute atomic E-state index is 14.0. The molecule has 0 aromatic carbocycles. The van der Waals surface area contributed by atoms with Crippen molar-refractivity contribution in [2.24, 2.45) is 5.92 Å². The van der Waals surface area contributed by atoms with Gasteiger partial charge in [-0.25, -0.2) is 0 Å². The number of alkyl halides is 5. The van der Waals surface area contributed by atoms with E-state index in [1.807, 2.05) is 13.0 Å². The third-order valence-electron chi connectivity index (χ3n) is 5.81. The molecule has 3 aromatic heterocycles. The van der Waals surface area contributed by atoms with E-state index in [-0.39, 0.29) is 57.8 Å². The molecule has 17 heteroatoms. The molecule has 212 valence electrons. The van der Waals surface area contributed by atoms with Gasteiger partial charge in [-0.05, 0) is 12.5 Å². The molecular formula is C22H23F5N6O5S. The van der Waals surface area contributed by atoms with Crippen LogP contribution in [0.1, 0.15) is 30.4 Å². The van der Waals surface area contributed by atoms with Gasteiger partial charge in [0, 0.05) is 24.9 Å². The highest BCUT2D eigenvalue weighted by Crippen LogP contribution is 2.44. The van der Waals surface area contributed by atoms with Gasteiger partial charge < -0.3 is 23.7 Å². The Labute approximate surface area is 221 Å². The fraction of sp³-hybridized carbons (Fsp3) is 0.545. The molecule has 0 saturated carbocycles. The zero-order valence-corrected chi connectivity index (χ0v) is 21.5. The number of aromatic nitrogens is 5. The van der Waals surface area contributed by atoms with Gasteiger partial charge in [0.25, 0.3) is 6.47 Å². The summed E-state index contributed by atoms with van der Waals surface area (Å²) in [7, 11) is 0. The van der Waals surface area contributed by atoms with Crippen molar-refractivity contribution in [3.05, 3.63) is 22.6 Å². The summed E-state index contributed by atoms with van der Waals surface area (Å²) in [6.45, 7) is 2.88. The van der Waals surface area contributed by atoms with Gasteiger partial charge in [-0.1, -0.05) is 6.92 Å². The molecule has 11 nitrogen and oxygen atoms in total. The van der Waals surface area contributed by atoms with E-state index >= 15 is 0 Å². The molecule has 0 aliphatic carbocycles. The van der Waals surface area contributed by atoms with Crippen LogP contribution in [0.3, 0.4) is 0 Å². The number of aryl methyl sites for hydroxylation is 1. The van der Waals surface area contributed by atoms with Gasteiger partial charge >= 0.3 is 24.1 Å². The topological polar surface area (TPSA) is 122 Å². The zero-order valence-electron chi connectivity index (χ0n) is 20.7. The second kappa shape index (κ2) is 11.2. The number of anilines is 1. The standard InChI is InChI=1S/C22H23F5N6O5S/c1-3-14-6-15-17(32-4-5-33-16(7-32)30-31-19(33)21(23,24)22(25,26)27)28-20(29-18(15)39-14)38-10-13(8-36-11-34)9-37-12(2)35/h6,11,13H,3-5,7-10H2,1-2H3. The number of rotatable bonds is 11. The van der Waals surface area contributed by atoms with Gasteiger partial charge in [0.15, 0.2) is 5.82 Å². The van der Waals surface area contributed by atoms with E-state index in [1.165, 1.54) is 18.3 Å². The van der Waals surface area contributed by atoms with Crippen LogP contribution < -0.4 is 9.64 Å². The van der Waals surface area contributed by atoms with Gasteiger partial charge in [-0.3, -0.25) is 9.59 Å². The smallest absolute Gasteiger partial charge is 0.461 e. The number of nitrogens with zero attached hydrogens (tertiary/aromatic N) is 6. The monoisotopic (exact) mass is 578 g/mol. The van der Waals surface area contributed by atoms with Crippen LogP contribution in [0.15, 0.2) is 6.07 Å². The fourth-order valence-corrected chi connectivity index (χ4v) is 4.82. The van der Waals surface area contributed by atoms with E-state index in [1.54, 1.807) is 4.90 Å². The zero-order chi connectivity index (χ0) is 28.4. The third kappa shape index (κ3) is 6.02. The van der Waals surface area contributed by atoms with Gasteiger partial charge in [0.2, 0.25) is 5.82 Å². The molecule has 1 aliphatic rings. The van der Waals surface area contributed by atoms with Gasteiger partial charge in [-0.2, -0.15) is 31.9 Å². The first-order chi connectivity index (χ1) is 18.4. The molecule has 4 rings (SSSR count). The van der Waals surface area contributed by atoms with Crippen molar-refractivity contribution in [2.75, 3.05) is 31.3 Å². The summed E-state index contributed by atoms with van der Waals surface area (Å²) in [5.41, 5.74) is 0. The minimum Gasteiger partial charge on any atom is -0.467 e. The summed E-state index contributed by atoms with van der Waals surface area (Å²) in [4.78, 5) is 33.9. The third-order valence-corrected chi connectivity index (χ3v) is 6.98. The van der Waals surface area contributed by atoms with E-state index in [0.29, 0.717) is 22.5 Å². The Kier molecular flexibility index (Phi) is 8.17. The molecule has 0 fully saturated rings. The maximum Gasteiger partial charge on any atom is 0.461 e. The number of ether oxygens (including phenoxy) is 3. The van der Waals surface area contributed by atoms with E-state index < -0.39 is 29.8 Å². The lowest BCUT2D eigenvalue weighted by Crippen LogP contribution is -2.40. The lowest BCUT2D eigenvalue weighted by molar-refractivity contribution is -0.293. The molecule has 0 saturated heterocycles. The molecule has 0 N–H and O–H groups in total. The quantitative estimate of drug-likeness (QED) is 0.190. The Morgan fingerprint density at radius 2 is 1.92 bits per heavy atom. The Balaban J connectivity index is 1.61. The van der Waals surface area contributed by atoms with Crippen molar-refractivity contribution in [1.82, 2.24) is 24.7 Å². The van der Waals surface area contributed by atoms with Crippen molar-refractivity contribution in [1.29, 1.82) is 0 Å². The second-order valence-electron chi connectivity index (χ2n) is 8.61. The Hall–Kier alpha value is -3.63. The molecule has 0 amide bonds. The van der Waals surface area contributed by atoms with Crippen molar-refractivity contribution in [3.8, 4) is 6.01 Å². The van der Waals surface area contributed by atoms with E-state index in [9.17, 15) is 31.5 Å². The molecule has 4 heterocycles. The van der Waals surface area contributed by atoms with Crippen molar-refractivity contribution >= 4 is 39.8 Å². The van der Waals surface area contributed by atoms with Crippen LogP contribution in [0, 0.1) is 5.92 Å². The number of halogens is 5. The average molecular weight is 579 g/mol. The Bertz CT molecular complexity index is 1350. The number of carbonyl (C=O) groups excluding carboxylic acids is 2. The predicted octanol–water partition coefficient (Wildman–Crippen LogP) is 3.25. The van der Waals surface area contributed by atoms with E-state index in [0.717, 1.165) is 9.44 Å². The summed E-state index contributed by atoms with van der Waals surface area (Å²) in [6.07, 6.45) is -5.11. The average Bonchev–Trinajstić information content (AvgIpc) is 3.50. The van der Waals surface area contributed by atoms with Crippen molar-refractivity contribution < 1.29 is 45.8 Å². The van der Waals surface area contributed by atoms with Crippen LogP contribution in [0.5, 0.6) is 6.01 Å². The molecule has 1 aliphatic heterocycles. The second-order valence-corrected chi connectivity index (χ2v) is 9.72. The summed E-state index contributed by atoms with van der Waals surface area (Å²) in [6, 6.07) is 1.83. The predicted molar refractivity (Wildman–Crippen MR) is 125 cm³/mol. The highest BCUT2D eigenvalue weighted by molar-refractivity contribution is 7.18. The lowest BCUT2D eigenvalue weighted by Gasteiger charge is -2.30. The van der Waals surface area contributed by atoms with E-state index in [2.05, 4.69) is 20.2 Å². The number of hydrogen-bond donors (Lipinski definition) is 0. The number of fused-ring (bicyclic) bond motifs is 2. The number of esters is 1. The van der Waals surface area contributed by atoms with Crippen LogP contribution in [-0.4, -0.2) is 69.7 Å². The molecule has 0 radical (unpaired) electrons. The van der Waals surface area contributed by atoms with Gasteiger partial charge in [0.05, 0.1) is 17.8 Å². The van der Waals surface area contributed by atoms with Crippen LogP contribution in [-0.2, 0) is 44.5 Å². The van der Waals surface area contributed by atoms with Crippen molar-refractivity contribution in [2.45, 2.75) is 45.5 Å². The molecule has 1 atom stereocenters. The minimum absolute atomic E-state index is 0.0388. The largest absolute Gasteiger partial charge is 0.467 e.